The number of hydrogen-bond donors (Lipinski definition) is 1. The van der Waals surface area contributed by atoms with E-state index in [2.05, 4.69) is 10.1 Å². The number of ether oxygens (including phenoxy) is 1. The highest BCUT2D eigenvalue weighted by Crippen LogP contribution is 2.31. The third-order valence-corrected chi connectivity index (χ3v) is 6.39. The Morgan fingerprint density at radius 2 is 1.81 bits per heavy atom. The zero-order chi connectivity index (χ0) is 18.6. The van der Waals surface area contributed by atoms with E-state index in [9.17, 15) is 9.59 Å². The first-order valence-corrected chi connectivity index (χ1v) is 11.0. The molecular weight excluding hydrogens is 364 g/mol. The second kappa shape index (κ2) is 8.46. The van der Waals surface area contributed by atoms with E-state index in [1.807, 2.05) is 0 Å². The molecule has 2 aliphatic carbocycles. The average Bonchev–Trinajstić information content (AvgIpc) is 3.08. The lowest BCUT2D eigenvalue weighted by Gasteiger charge is -2.22. The van der Waals surface area contributed by atoms with Crippen LogP contribution in [0, 0.1) is 0 Å². The van der Waals surface area contributed by atoms with Crippen molar-refractivity contribution in [2.45, 2.75) is 81.4 Å². The first-order chi connectivity index (χ1) is 13.2. The summed E-state index contributed by atoms with van der Waals surface area (Å²) in [5, 5.41) is 3.33. The van der Waals surface area contributed by atoms with Gasteiger partial charge in [-0.1, -0.05) is 37.4 Å². The van der Waals surface area contributed by atoms with Crippen molar-refractivity contribution in [2.24, 2.45) is 0 Å². The SMILES string of the molecule is O=C(CSc1nc(C2CCCCC2)nc2cc(=O)[nH]n12)OC1CCCCC1. The van der Waals surface area contributed by atoms with E-state index in [0.29, 0.717) is 16.7 Å². The molecule has 0 amide bonds. The highest BCUT2D eigenvalue weighted by Gasteiger charge is 2.22. The molecule has 2 aromatic heterocycles. The van der Waals surface area contributed by atoms with E-state index in [1.54, 1.807) is 4.52 Å². The van der Waals surface area contributed by atoms with Crippen molar-refractivity contribution in [3.63, 3.8) is 0 Å². The molecule has 0 saturated heterocycles. The summed E-state index contributed by atoms with van der Waals surface area (Å²) in [5.41, 5.74) is 0.357. The average molecular weight is 391 g/mol. The largest absolute Gasteiger partial charge is 0.462 e. The molecule has 0 atom stereocenters. The molecule has 0 unspecified atom stereocenters. The topological polar surface area (TPSA) is 89.4 Å². The van der Waals surface area contributed by atoms with Gasteiger partial charge in [0.15, 0.2) is 10.8 Å². The van der Waals surface area contributed by atoms with E-state index in [0.717, 1.165) is 44.3 Å². The molecule has 2 aromatic rings. The van der Waals surface area contributed by atoms with Crippen LogP contribution in [0.4, 0.5) is 0 Å². The van der Waals surface area contributed by atoms with Gasteiger partial charge in [0.05, 0.1) is 5.75 Å². The smallest absolute Gasteiger partial charge is 0.316 e. The predicted molar refractivity (Wildman–Crippen MR) is 103 cm³/mol. The van der Waals surface area contributed by atoms with Crippen molar-refractivity contribution in [3.8, 4) is 0 Å². The van der Waals surface area contributed by atoms with Crippen LogP contribution in [0.15, 0.2) is 16.0 Å². The van der Waals surface area contributed by atoms with Gasteiger partial charge in [0, 0.05) is 12.0 Å². The molecule has 2 aliphatic rings. The first-order valence-electron chi connectivity index (χ1n) is 10.0. The molecule has 0 bridgehead atoms. The fourth-order valence-electron chi connectivity index (χ4n) is 4.07. The summed E-state index contributed by atoms with van der Waals surface area (Å²) >= 11 is 1.31. The number of esters is 1. The molecule has 146 valence electrons. The summed E-state index contributed by atoms with van der Waals surface area (Å²) in [6.45, 7) is 0. The van der Waals surface area contributed by atoms with E-state index >= 15 is 0 Å². The Balaban J connectivity index is 1.49. The van der Waals surface area contributed by atoms with Crippen LogP contribution in [0.2, 0.25) is 0 Å². The van der Waals surface area contributed by atoms with Gasteiger partial charge in [-0.3, -0.25) is 14.7 Å². The number of rotatable bonds is 5. The Kier molecular flexibility index (Phi) is 5.80. The fraction of sp³-hybridized carbons (Fsp3) is 0.684. The van der Waals surface area contributed by atoms with Crippen molar-refractivity contribution in [2.75, 3.05) is 5.75 Å². The second-order valence-corrected chi connectivity index (χ2v) is 8.49. The number of nitrogens with one attached hydrogen (secondary N) is 1. The van der Waals surface area contributed by atoms with Crippen LogP contribution in [0.3, 0.4) is 0 Å². The van der Waals surface area contributed by atoms with Gasteiger partial charge < -0.3 is 4.74 Å². The van der Waals surface area contributed by atoms with Crippen molar-refractivity contribution in [1.29, 1.82) is 0 Å². The normalized spacial score (nSPS) is 19.4. The summed E-state index contributed by atoms with van der Waals surface area (Å²) in [6.07, 6.45) is 11.3. The number of carbonyl (C=O) groups excluding carboxylic acids is 1. The molecular formula is C19H26N4O3S. The Morgan fingerprint density at radius 1 is 1.11 bits per heavy atom. The maximum absolute atomic E-state index is 12.2. The fourth-order valence-corrected chi connectivity index (χ4v) is 4.81. The quantitative estimate of drug-likeness (QED) is 0.621. The monoisotopic (exact) mass is 390 g/mol. The molecule has 2 fully saturated rings. The maximum Gasteiger partial charge on any atom is 0.316 e. The molecule has 27 heavy (non-hydrogen) atoms. The third kappa shape index (κ3) is 4.54. The third-order valence-electron chi connectivity index (χ3n) is 5.48. The van der Waals surface area contributed by atoms with Crippen molar-refractivity contribution in [1.82, 2.24) is 19.6 Å². The number of aromatic amines is 1. The summed E-state index contributed by atoms with van der Waals surface area (Å²) < 4.78 is 7.17. The van der Waals surface area contributed by atoms with Crippen molar-refractivity contribution < 1.29 is 9.53 Å². The predicted octanol–water partition coefficient (Wildman–Crippen LogP) is 3.43. The number of thioether (sulfide) groups is 1. The van der Waals surface area contributed by atoms with Gasteiger partial charge in [-0.15, -0.1) is 0 Å². The Hall–Kier alpha value is -1.83. The van der Waals surface area contributed by atoms with Gasteiger partial charge in [-0.25, -0.2) is 14.5 Å². The summed E-state index contributed by atoms with van der Waals surface area (Å²) in [4.78, 5) is 33.3. The van der Waals surface area contributed by atoms with Gasteiger partial charge in [-0.05, 0) is 38.5 Å². The molecule has 0 spiro atoms. The molecule has 1 N–H and O–H groups in total. The van der Waals surface area contributed by atoms with Crippen LogP contribution in [0.1, 0.15) is 76.0 Å². The zero-order valence-corrected chi connectivity index (χ0v) is 16.3. The molecule has 0 radical (unpaired) electrons. The summed E-state index contributed by atoms with van der Waals surface area (Å²) in [6, 6.07) is 1.48. The number of nitrogens with zero attached hydrogens (tertiary/aromatic N) is 3. The lowest BCUT2D eigenvalue weighted by molar-refractivity contribution is -0.147. The highest BCUT2D eigenvalue weighted by molar-refractivity contribution is 7.99. The van der Waals surface area contributed by atoms with Crippen LogP contribution in [-0.4, -0.2) is 37.4 Å². The van der Waals surface area contributed by atoms with Gasteiger partial charge in [0.25, 0.3) is 5.56 Å². The maximum atomic E-state index is 12.2. The second-order valence-electron chi connectivity index (χ2n) is 7.55. The molecule has 2 saturated carbocycles. The van der Waals surface area contributed by atoms with Crippen LogP contribution in [0.25, 0.3) is 5.65 Å². The Bertz CT molecular complexity index is 850. The van der Waals surface area contributed by atoms with Crippen LogP contribution >= 0.6 is 11.8 Å². The zero-order valence-electron chi connectivity index (χ0n) is 15.5. The number of hydrogen-bond acceptors (Lipinski definition) is 6. The molecule has 8 heteroatoms. The molecule has 0 aliphatic heterocycles. The first kappa shape index (κ1) is 18.5. The summed E-state index contributed by atoms with van der Waals surface area (Å²) in [5.74, 6) is 1.10. The van der Waals surface area contributed by atoms with Gasteiger partial charge in [0.1, 0.15) is 11.9 Å². The molecule has 2 heterocycles. The molecule has 7 nitrogen and oxygen atoms in total. The standard InChI is InChI=1S/C19H26N4O3S/c24-16-11-15-20-18(13-7-3-1-4-8-13)21-19(23(15)22-16)27-12-17(25)26-14-9-5-2-6-10-14/h11,13-14H,1-10,12H2,(H,22,24). The van der Waals surface area contributed by atoms with Crippen LogP contribution in [-0.2, 0) is 9.53 Å². The van der Waals surface area contributed by atoms with Crippen LogP contribution < -0.4 is 5.56 Å². The van der Waals surface area contributed by atoms with E-state index in [4.69, 9.17) is 9.72 Å². The van der Waals surface area contributed by atoms with Crippen molar-refractivity contribution >= 4 is 23.4 Å². The summed E-state index contributed by atoms with van der Waals surface area (Å²) in [7, 11) is 0. The van der Waals surface area contributed by atoms with E-state index in [1.165, 1.54) is 43.5 Å². The van der Waals surface area contributed by atoms with Crippen LogP contribution in [0.5, 0.6) is 0 Å². The molecule has 4 rings (SSSR count). The van der Waals surface area contributed by atoms with Gasteiger partial charge >= 0.3 is 5.97 Å². The number of H-pyrrole nitrogens is 1. The highest BCUT2D eigenvalue weighted by atomic mass is 32.2. The van der Waals surface area contributed by atoms with Gasteiger partial charge in [-0.2, -0.15) is 0 Å². The van der Waals surface area contributed by atoms with Crippen molar-refractivity contribution in [3.05, 3.63) is 22.2 Å². The molecule has 0 aromatic carbocycles. The van der Waals surface area contributed by atoms with E-state index in [-0.39, 0.29) is 23.4 Å². The van der Waals surface area contributed by atoms with Gasteiger partial charge in [0.2, 0.25) is 0 Å². The number of aromatic nitrogens is 4. The minimum Gasteiger partial charge on any atom is -0.462 e. The Labute approximate surface area is 162 Å². The van der Waals surface area contributed by atoms with E-state index < -0.39 is 0 Å². The lowest BCUT2D eigenvalue weighted by atomic mass is 9.89. The lowest BCUT2D eigenvalue weighted by Crippen LogP contribution is -2.22. The number of fused-ring (bicyclic) bond motifs is 1. The number of carbonyl (C=O) groups is 1. The Morgan fingerprint density at radius 3 is 2.56 bits per heavy atom. The minimum absolute atomic E-state index is 0.0569. The minimum atomic E-state index is -0.215.